The van der Waals surface area contributed by atoms with Crippen molar-refractivity contribution in [2.75, 3.05) is 25.0 Å². The van der Waals surface area contributed by atoms with Crippen molar-refractivity contribution in [1.29, 1.82) is 0 Å². The number of nitrogens with zero attached hydrogens (tertiary/aromatic N) is 1. The van der Waals surface area contributed by atoms with E-state index in [2.05, 4.69) is 10.1 Å². The maximum absolute atomic E-state index is 12.5. The molecule has 2 heterocycles. The van der Waals surface area contributed by atoms with E-state index in [-0.39, 0.29) is 23.9 Å². The Morgan fingerprint density at radius 2 is 2.00 bits per heavy atom. The van der Waals surface area contributed by atoms with Crippen molar-refractivity contribution in [2.45, 2.75) is 19.5 Å². The number of piperidine rings is 1. The first-order valence-electron chi connectivity index (χ1n) is 9.27. The lowest BCUT2D eigenvalue weighted by molar-refractivity contribution is -0.152. The van der Waals surface area contributed by atoms with Crippen LogP contribution in [0.25, 0.3) is 0 Å². The van der Waals surface area contributed by atoms with Gasteiger partial charge in [0, 0.05) is 13.1 Å². The number of para-hydroxylation sites is 2. The number of hydrogen-bond donors (Lipinski definition) is 1. The number of hydrogen-bond acceptors (Lipinski definition) is 6. The predicted molar refractivity (Wildman–Crippen MR) is 106 cm³/mol. The number of carbonyl (C=O) groups is 3. The molecule has 160 valence electrons. The third kappa shape index (κ3) is 5.76. The first-order chi connectivity index (χ1) is 14.4. The molecule has 1 aliphatic heterocycles. The van der Waals surface area contributed by atoms with Gasteiger partial charge in [0.1, 0.15) is 5.75 Å². The maximum atomic E-state index is 12.5. The fourth-order valence-electron chi connectivity index (χ4n) is 3.12. The van der Waals surface area contributed by atoms with Crippen LogP contribution in [0.15, 0.2) is 41.8 Å². The number of anilines is 1. The summed E-state index contributed by atoms with van der Waals surface area (Å²) in [6, 6.07) is 9.23. The minimum absolute atomic E-state index is 0.0456. The molecule has 1 atom stereocenters. The molecular weight excluding hydrogens is 418 g/mol. The quantitative estimate of drug-likeness (QED) is 0.670. The summed E-state index contributed by atoms with van der Waals surface area (Å²) in [4.78, 5) is 39.1. The van der Waals surface area contributed by atoms with E-state index in [0.29, 0.717) is 24.3 Å². The van der Waals surface area contributed by atoms with Crippen LogP contribution in [0, 0.1) is 5.92 Å². The van der Waals surface area contributed by atoms with E-state index in [4.69, 9.17) is 4.74 Å². The van der Waals surface area contributed by atoms with Crippen LogP contribution in [0.3, 0.4) is 0 Å². The smallest absolute Gasteiger partial charge is 0.387 e. The van der Waals surface area contributed by atoms with Gasteiger partial charge in [-0.15, -0.1) is 11.3 Å². The normalized spacial score (nSPS) is 16.2. The van der Waals surface area contributed by atoms with Crippen LogP contribution in [0.1, 0.15) is 22.5 Å². The number of carbonyl (C=O) groups excluding carboxylic acids is 3. The minimum atomic E-state index is -3.04. The molecule has 0 bridgehead atoms. The zero-order chi connectivity index (χ0) is 21.5. The molecule has 0 aliphatic carbocycles. The summed E-state index contributed by atoms with van der Waals surface area (Å²) in [7, 11) is 0. The highest BCUT2D eigenvalue weighted by Gasteiger charge is 2.30. The third-order valence-electron chi connectivity index (χ3n) is 4.50. The van der Waals surface area contributed by atoms with Crippen LogP contribution in [0.2, 0.25) is 0 Å². The van der Waals surface area contributed by atoms with Crippen LogP contribution >= 0.6 is 11.3 Å². The van der Waals surface area contributed by atoms with E-state index in [0.717, 1.165) is 0 Å². The fraction of sp³-hybridized carbons (Fsp3) is 0.350. The molecule has 1 aromatic heterocycles. The topological polar surface area (TPSA) is 84.9 Å². The average Bonchev–Trinajstić information content (AvgIpc) is 3.27. The van der Waals surface area contributed by atoms with Gasteiger partial charge in [0.05, 0.1) is 16.5 Å². The monoisotopic (exact) mass is 438 g/mol. The first kappa shape index (κ1) is 21.7. The number of halogens is 2. The zero-order valence-corrected chi connectivity index (χ0v) is 16.7. The number of esters is 1. The summed E-state index contributed by atoms with van der Waals surface area (Å²) in [5.41, 5.74) is 0.0456. The van der Waals surface area contributed by atoms with Gasteiger partial charge in [-0.2, -0.15) is 8.78 Å². The molecule has 1 N–H and O–H groups in total. The molecule has 1 unspecified atom stereocenters. The van der Waals surface area contributed by atoms with Crippen LogP contribution in [0.4, 0.5) is 14.5 Å². The Kier molecular flexibility index (Phi) is 7.34. The molecule has 1 aliphatic rings. The molecule has 7 nitrogen and oxygen atoms in total. The van der Waals surface area contributed by atoms with Crippen molar-refractivity contribution in [1.82, 2.24) is 4.90 Å². The Morgan fingerprint density at radius 1 is 1.20 bits per heavy atom. The molecule has 10 heteroatoms. The molecule has 3 rings (SSSR count). The van der Waals surface area contributed by atoms with E-state index in [1.54, 1.807) is 23.1 Å². The molecule has 0 radical (unpaired) electrons. The average molecular weight is 438 g/mol. The van der Waals surface area contributed by atoms with Gasteiger partial charge in [-0.3, -0.25) is 14.4 Å². The van der Waals surface area contributed by atoms with E-state index in [9.17, 15) is 23.2 Å². The van der Waals surface area contributed by atoms with Gasteiger partial charge in [0.25, 0.3) is 11.8 Å². The number of amides is 2. The van der Waals surface area contributed by atoms with Crippen LogP contribution in [-0.4, -0.2) is 49.0 Å². The van der Waals surface area contributed by atoms with Gasteiger partial charge >= 0.3 is 12.6 Å². The van der Waals surface area contributed by atoms with Crippen molar-refractivity contribution in [2.24, 2.45) is 5.92 Å². The standard InChI is InChI=1S/C20H20F2N2O5S/c21-20(22)29-15-7-2-1-6-14(15)23-17(25)12-28-19(27)13-5-3-9-24(11-13)18(26)16-8-4-10-30-16/h1-2,4,6-8,10,13,20H,3,5,9,11-12H2,(H,23,25). The lowest BCUT2D eigenvalue weighted by Gasteiger charge is -2.31. The highest BCUT2D eigenvalue weighted by Crippen LogP contribution is 2.25. The number of ether oxygens (including phenoxy) is 2. The SMILES string of the molecule is O=C(COC(=O)C1CCCN(C(=O)c2cccs2)C1)Nc1ccccc1OC(F)F. The Bertz CT molecular complexity index is 891. The lowest BCUT2D eigenvalue weighted by atomic mass is 9.98. The number of benzene rings is 1. The molecule has 1 aromatic carbocycles. The second-order valence-electron chi connectivity index (χ2n) is 6.60. The lowest BCUT2D eigenvalue weighted by Crippen LogP contribution is -2.43. The van der Waals surface area contributed by atoms with Gasteiger partial charge in [0.15, 0.2) is 6.61 Å². The van der Waals surface area contributed by atoms with Crippen molar-refractivity contribution < 1.29 is 32.6 Å². The van der Waals surface area contributed by atoms with Gasteiger partial charge in [-0.25, -0.2) is 0 Å². The number of rotatable bonds is 7. The second-order valence-corrected chi connectivity index (χ2v) is 7.55. The molecule has 2 amide bonds. The first-order valence-corrected chi connectivity index (χ1v) is 10.1. The molecule has 2 aromatic rings. The number of nitrogens with one attached hydrogen (secondary N) is 1. The minimum Gasteiger partial charge on any atom is -0.455 e. The summed E-state index contributed by atoms with van der Waals surface area (Å²) in [5, 5.41) is 4.19. The van der Waals surface area contributed by atoms with Crippen LogP contribution in [-0.2, 0) is 14.3 Å². The summed E-state index contributed by atoms with van der Waals surface area (Å²) >= 11 is 1.34. The second kappa shape index (κ2) is 10.1. The van der Waals surface area contributed by atoms with Gasteiger partial charge in [-0.1, -0.05) is 18.2 Å². The maximum Gasteiger partial charge on any atom is 0.387 e. The third-order valence-corrected chi connectivity index (χ3v) is 5.35. The van der Waals surface area contributed by atoms with E-state index in [1.807, 2.05) is 5.38 Å². The predicted octanol–water partition coefficient (Wildman–Crippen LogP) is 3.38. The molecule has 1 saturated heterocycles. The van der Waals surface area contributed by atoms with Gasteiger partial charge in [-0.05, 0) is 36.4 Å². The van der Waals surface area contributed by atoms with Crippen molar-refractivity contribution in [3.05, 3.63) is 46.7 Å². The molecule has 0 spiro atoms. The number of thiophene rings is 1. The highest BCUT2D eigenvalue weighted by atomic mass is 32.1. The van der Waals surface area contributed by atoms with Crippen molar-refractivity contribution in [3.8, 4) is 5.75 Å². The number of likely N-dealkylation sites (tertiary alicyclic amines) is 1. The summed E-state index contributed by atoms with van der Waals surface area (Å²) < 4.78 is 34.3. The molecule has 0 saturated carbocycles. The summed E-state index contributed by atoms with van der Waals surface area (Å²) in [6.07, 6.45) is 1.21. The van der Waals surface area contributed by atoms with Crippen molar-refractivity contribution in [3.63, 3.8) is 0 Å². The van der Waals surface area contributed by atoms with Gasteiger partial charge < -0.3 is 19.7 Å². The van der Waals surface area contributed by atoms with Crippen molar-refractivity contribution >= 4 is 34.8 Å². The summed E-state index contributed by atoms with van der Waals surface area (Å²) in [5.74, 6) is -2.11. The van der Waals surface area contributed by atoms with Gasteiger partial charge in [0.2, 0.25) is 0 Å². The van der Waals surface area contributed by atoms with Crippen LogP contribution in [0.5, 0.6) is 5.75 Å². The Hall–Kier alpha value is -3.01. The van der Waals surface area contributed by atoms with E-state index >= 15 is 0 Å². The Labute approximate surface area is 175 Å². The summed E-state index contributed by atoms with van der Waals surface area (Å²) in [6.45, 7) is -2.83. The van der Waals surface area contributed by atoms with E-state index in [1.165, 1.54) is 29.5 Å². The molecular formula is C20H20F2N2O5S. The fourth-order valence-corrected chi connectivity index (χ4v) is 3.81. The van der Waals surface area contributed by atoms with E-state index < -0.39 is 31.0 Å². The van der Waals surface area contributed by atoms with Crippen LogP contribution < -0.4 is 10.1 Å². The highest BCUT2D eigenvalue weighted by molar-refractivity contribution is 7.12. The largest absolute Gasteiger partial charge is 0.455 e. The molecule has 30 heavy (non-hydrogen) atoms. The zero-order valence-electron chi connectivity index (χ0n) is 15.9. The number of alkyl halides is 2. The Morgan fingerprint density at radius 3 is 2.73 bits per heavy atom. The molecule has 1 fully saturated rings. The Balaban J connectivity index is 1.50.